The lowest BCUT2D eigenvalue weighted by atomic mass is 9.91. The number of rotatable bonds is 6. The van der Waals surface area contributed by atoms with Gasteiger partial charge < -0.3 is 24.6 Å². The molecule has 0 saturated carbocycles. The van der Waals surface area contributed by atoms with Gasteiger partial charge in [-0.3, -0.25) is 9.36 Å². The van der Waals surface area contributed by atoms with E-state index in [0.29, 0.717) is 37.0 Å². The maximum atomic E-state index is 13.2. The summed E-state index contributed by atoms with van der Waals surface area (Å²) < 4.78 is 8.53. The average molecular weight is 502 g/mol. The Labute approximate surface area is 214 Å². The van der Waals surface area contributed by atoms with Crippen LogP contribution in [0.4, 0.5) is 4.79 Å². The zero-order valence-corrected chi connectivity index (χ0v) is 21.0. The first-order valence-corrected chi connectivity index (χ1v) is 12.4. The topological polar surface area (TPSA) is 102 Å². The molecule has 1 aliphatic rings. The molecule has 9 nitrogen and oxygen atoms in total. The maximum absolute atomic E-state index is 13.2. The minimum atomic E-state index is -1.10. The third-order valence-electron chi connectivity index (χ3n) is 7.11. The number of nitrogens with zero attached hydrogens (tertiary/aromatic N) is 4. The number of piperidine rings is 1. The molecule has 3 heterocycles. The predicted molar refractivity (Wildman–Crippen MR) is 141 cm³/mol. The highest BCUT2D eigenvalue weighted by Gasteiger charge is 2.35. The Morgan fingerprint density at radius 3 is 2.49 bits per heavy atom. The lowest BCUT2D eigenvalue weighted by Gasteiger charge is -2.38. The molecule has 5 rings (SSSR count). The molecule has 2 aromatic carbocycles. The van der Waals surface area contributed by atoms with Crippen molar-refractivity contribution in [3.8, 4) is 11.4 Å². The van der Waals surface area contributed by atoms with Crippen LogP contribution in [-0.4, -0.2) is 56.0 Å². The highest BCUT2D eigenvalue weighted by Crippen LogP contribution is 2.25. The number of hydrogen-bond donors (Lipinski definition) is 2. The van der Waals surface area contributed by atoms with Gasteiger partial charge >= 0.3 is 6.03 Å². The quantitative estimate of drug-likeness (QED) is 0.421. The summed E-state index contributed by atoms with van der Waals surface area (Å²) in [5, 5.41) is 14.8. The monoisotopic (exact) mass is 501 g/mol. The van der Waals surface area contributed by atoms with Crippen molar-refractivity contribution < 1.29 is 14.6 Å². The summed E-state index contributed by atoms with van der Waals surface area (Å²) in [5.41, 5.74) is 1.15. The molecule has 0 bridgehead atoms. The number of carbonyl (C=O) groups is 1. The van der Waals surface area contributed by atoms with Gasteiger partial charge in [-0.1, -0.05) is 30.3 Å². The lowest BCUT2D eigenvalue weighted by molar-refractivity contribution is -0.0266. The van der Waals surface area contributed by atoms with Crippen LogP contribution < -0.4 is 15.6 Å². The zero-order valence-electron chi connectivity index (χ0n) is 21.0. The number of nitrogens with one attached hydrogen (secondary N) is 1. The van der Waals surface area contributed by atoms with Crippen LogP contribution in [0.15, 0.2) is 78.0 Å². The van der Waals surface area contributed by atoms with Crippen molar-refractivity contribution in [2.45, 2.75) is 38.0 Å². The smallest absolute Gasteiger partial charge is 0.317 e. The number of aliphatic hydroxyl groups is 1. The van der Waals surface area contributed by atoms with E-state index in [-0.39, 0.29) is 24.2 Å². The highest BCUT2D eigenvalue weighted by molar-refractivity contribution is 5.77. The maximum Gasteiger partial charge on any atom is 0.317 e. The van der Waals surface area contributed by atoms with Crippen molar-refractivity contribution in [3.05, 3.63) is 89.1 Å². The number of benzene rings is 2. The first-order chi connectivity index (χ1) is 17.9. The molecule has 0 aliphatic carbocycles. The molecule has 1 aliphatic heterocycles. The number of carbonyl (C=O) groups excluding carboxylic acids is 1. The van der Waals surface area contributed by atoms with Crippen LogP contribution in [0.5, 0.6) is 5.75 Å². The third kappa shape index (κ3) is 5.08. The predicted octanol–water partition coefficient (Wildman–Crippen LogP) is 3.49. The molecule has 0 spiro atoms. The summed E-state index contributed by atoms with van der Waals surface area (Å²) in [6.07, 6.45) is 4.05. The average Bonchev–Trinajstić information content (AvgIpc) is 3.36. The molecule has 2 aromatic heterocycles. The van der Waals surface area contributed by atoms with E-state index in [2.05, 4.69) is 10.3 Å². The largest absolute Gasteiger partial charge is 0.497 e. The second kappa shape index (κ2) is 10.1. The van der Waals surface area contributed by atoms with E-state index in [0.717, 1.165) is 17.0 Å². The molecule has 37 heavy (non-hydrogen) atoms. The number of likely N-dealkylation sites (tertiary alicyclic amines) is 1. The number of hydrogen-bond acceptors (Lipinski definition) is 5. The SMILES string of the molecule is COc1ccc(-n2ccc3c(=O)n(CC4(O)CCN(C(=O)NC(C)c5ccccc5)CC4)cnc32)cc1. The minimum Gasteiger partial charge on any atom is -0.497 e. The molecular formula is C28H31N5O4. The molecule has 1 saturated heterocycles. The van der Waals surface area contributed by atoms with Gasteiger partial charge in [0, 0.05) is 25.0 Å². The molecule has 2 N–H and O–H groups in total. The molecular weight excluding hydrogens is 470 g/mol. The van der Waals surface area contributed by atoms with E-state index < -0.39 is 5.60 Å². The van der Waals surface area contributed by atoms with Crippen LogP contribution in [0.2, 0.25) is 0 Å². The van der Waals surface area contributed by atoms with E-state index >= 15 is 0 Å². The van der Waals surface area contributed by atoms with Gasteiger partial charge in [-0.05, 0) is 55.7 Å². The number of urea groups is 1. The van der Waals surface area contributed by atoms with E-state index in [9.17, 15) is 14.7 Å². The molecule has 1 fully saturated rings. The van der Waals surface area contributed by atoms with Crippen molar-refractivity contribution in [3.63, 3.8) is 0 Å². The summed E-state index contributed by atoms with van der Waals surface area (Å²) in [6, 6.07) is 18.8. The highest BCUT2D eigenvalue weighted by atomic mass is 16.5. The van der Waals surface area contributed by atoms with Crippen LogP contribution in [0.25, 0.3) is 16.7 Å². The Morgan fingerprint density at radius 2 is 1.81 bits per heavy atom. The number of amides is 2. The van der Waals surface area contributed by atoms with Crippen molar-refractivity contribution in [2.75, 3.05) is 20.2 Å². The van der Waals surface area contributed by atoms with Gasteiger partial charge in [0.25, 0.3) is 5.56 Å². The number of fused-ring (bicyclic) bond motifs is 1. The Hall–Kier alpha value is -4.11. The van der Waals surface area contributed by atoms with E-state index in [4.69, 9.17) is 4.74 Å². The Kier molecular flexibility index (Phi) is 6.71. The molecule has 1 atom stereocenters. The molecule has 2 amide bonds. The number of ether oxygens (including phenoxy) is 1. The molecule has 4 aromatic rings. The summed E-state index contributed by atoms with van der Waals surface area (Å²) in [7, 11) is 1.61. The van der Waals surface area contributed by atoms with Gasteiger partial charge in [0.05, 0.1) is 30.7 Å². The standard InChI is InChI=1S/C28H31N5O4/c1-20(21-6-4-3-5-7-21)30-27(35)31-16-13-28(36,14-17-31)18-32-19-29-25-24(26(32)34)12-15-33(25)22-8-10-23(37-2)11-9-22/h3-12,15,19-20,36H,13-14,16-18H2,1-2H3,(H,30,35). The minimum absolute atomic E-state index is 0.115. The third-order valence-corrected chi connectivity index (χ3v) is 7.11. The normalized spacial score (nSPS) is 15.9. The van der Waals surface area contributed by atoms with Crippen LogP contribution >= 0.6 is 0 Å². The summed E-state index contributed by atoms with van der Waals surface area (Å²) >= 11 is 0. The summed E-state index contributed by atoms with van der Waals surface area (Å²) in [6.45, 7) is 2.88. The van der Waals surface area contributed by atoms with Crippen LogP contribution in [0.3, 0.4) is 0 Å². The van der Waals surface area contributed by atoms with E-state index in [1.54, 1.807) is 18.1 Å². The second-order valence-electron chi connectivity index (χ2n) is 9.59. The molecule has 0 radical (unpaired) electrons. The first kappa shape index (κ1) is 24.6. The molecule has 1 unspecified atom stereocenters. The lowest BCUT2D eigenvalue weighted by Crippen LogP contribution is -2.52. The van der Waals surface area contributed by atoms with Gasteiger partial charge in [-0.25, -0.2) is 9.78 Å². The van der Waals surface area contributed by atoms with Crippen molar-refractivity contribution in [1.29, 1.82) is 0 Å². The van der Waals surface area contributed by atoms with Gasteiger partial charge in [0.15, 0.2) is 5.65 Å². The summed E-state index contributed by atoms with van der Waals surface area (Å²) in [5.74, 6) is 0.748. The van der Waals surface area contributed by atoms with E-state index in [1.807, 2.05) is 72.3 Å². The van der Waals surface area contributed by atoms with Crippen LogP contribution in [0.1, 0.15) is 31.4 Å². The zero-order chi connectivity index (χ0) is 26.0. The number of aromatic nitrogens is 3. The summed E-state index contributed by atoms with van der Waals surface area (Å²) in [4.78, 5) is 32.2. The van der Waals surface area contributed by atoms with Crippen LogP contribution in [0, 0.1) is 0 Å². The number of methoxy groups -OCH3 is 1. The molecule has 192 valence electrons. The van der Waals surface area contributed by atoms with Crippen LogP contribution in [-0.2, 0) is 6.54 Å². The Bertz CT molecular complexity index is 1440. The van der Waals surface area contributed by atoms with E-state index in [1.165, 1.54) is 10.9 Å². The van der Waals surface area contributed by atoms with Crippen molar-refractivity contribution >= 4 is 17.1 Å². The van der Waals surface area contributed by atoms with Gasteiger partial charge in [0.1, 0.15) is 12.1 Å². The fourth-order valence-electron chi connectivity index (χ4n) is 4.82. The second-order valence-corrected chi connectivity index (χ2v) is 9.59. The van der Waals surface area contributed by atoms with Crippen molar-refractivity contribution in [1.82, 2.24) is 24.3 Å². The van der Waals surface area contributed by atoms with Gasteiger partial charge in [0.2, 0.25) is 0 Å². The Morgan fingerprint density at radius 1 is 1.11 bits per heavy atom. The fourth-order valence-corrected chi connectivity index (χ4v) is 4.82. The van der Waals surface area contributed by atoms with Crippen molar-refractivity contribution in [2.24, 2.45) is 0 Å². The van der Waals surface area contributed by atoms with Gasteiger partial charge in [-0.15, -0.1) is 0 Å². The molecule has 9 heteroatoms. The first-order valence-electron chi connectivity index (χ1n) is 12.4. The van der Waals surface area contributed by atoms with Gasteiger partial charge in [-0.2, -0.15) is 0 Å². The Balaban J connectivity index is 1.25. The fraction of sp³-hybridized carbons (Fsp3) is 0.321.